The van der Waals surface area contributed by atoms with Crippen LogP contribution in [0.3, 0.4) is 0 Å². The van der Waals surface area contributed by atoms with Crippen LogP contribution in [0.1, 0.15) is 25.5 Å². The van der Waals surface area contributed by atoms with Crippen LogP contribution in [0.4, 0.5) is 0 Å². The van der Waals surface area contributed by atoms with E-state index in [1.165, 1.54) is 6.92 Å². The fourth-order valence-electron chi connectivity index (χ4n) is 1.71. The van der Waals surface area contributed by atoms with Crippen LogP contribution < -0.4 is 5.32 Å². The lowest BCUT2D eigenvalue weighted by molar-refractivity contribution is -0.129. The molecular weight excluding hydrogens is 228 g/mol. The summed E-state index contributed by atoms with van der Waals surface area (Å²) in [6.07, 6.45) is 0. The Balaban J connectivity index is 2.87. The van der Waals surface area contributed by atoms with E-state index in [-0.39, 0.29) is 17.7 Å². The van der Waals surface area contributed by atoms with Crippen LogP contribution >= 0.6 is 0 Å². The van der Waals surface area contributed by atoms with Crippen molar-refractivity contribution in [3.8, 4) is 0 Å². The van der Waals surface area contributed by atoms with Gasteiger partial charge in [0.1, 0.15) is 6.04 Å². The Morgan fingerprint density at radius 3 is 2.17 bits per heavy atom. The number of rotatable bonds is 5. The van der Waals surface area contributed by atoms with E-state index in [1.807, 2.05) is 49.3 Å². The van der Waals surface area contributed by atoms with Crippen LogP contribution in [-0.2, 0) is 9.59 Å². The van der Waals surface area contributed by atoms with Gasteiger partial charge in [-0.3, -0.25) is 14.5 Å². The van der Waals surface area contributed by atoms with E-state index in [9.17, 15) is 9.59 Å². The molecule has 0 fully saturated rings. The highest BCUT2D eigenvalue weighted by atomic mass is 16.2. The quantitative estimate of drug-likeness (QED) is 0.856. The maximum atomic E-state index is 12.2. The summed E-state index contributed by atoms with van der Waals surface area (Å²) >= 11 is 0. The van der Waals surface area contributed by atoms with Crippen molar-refractivity contribution in [2.75, 3.05) is 14.1 Å². The molecule has 0 heterocycles. The number of carbonyl (C=O) groups is 2. The molecule has 0 aromatic heterocycles. The first-order chi connectivity index (χ1) is 8.43. The van der Waals surface area contributed by atoms with Gasteiger partial charge in [0.05, 0.1) is 6.04 Å². The number of nitrogens with zero attached hydrogens (tertiary/aromatic N) is 1. The van der Waals surface area contributed by atoms with Crippen molar-refractivity contribution in [2.45, 2.75) is 25.9 Å². The molecule has 1 rings (SSSR count). The summed E-state index contributed by atoms with van der Waals surface area (Å²) in [4.78, 5) is 25.2. The van der Waals surface area contributed by atoms with Gasteiger partial charge in [0.15, 0.2) is 5.78 Å². The van der Waals surface area contributed by atoms with Crippen molar-refractivity contribution in [2.24, 2.45) is 0 Å². The molecule has 1 N–H and O–H groups in total. The molecule has 0 unspecified atom stereocenters. The maximum absolute atomic E-state index is 12.2. The minimum absolute atomic E-state index is 0.0473. The van der Waals surface area contributed by atoms with Gasteiger partial charge in [-0.15, -0.1) is 0 Å². The largest absolute Gasteiger partial charge is 0.345 e. The first kappa shape index (κ1) is 14.4. The van der Waals surface area contributed by atoms with E-state index in [2.05, 4.69) is 5.32 Å². The molecule has 0 saturated carbocycles. The molecule has 4 heteroatoms. The van der Waals surface area contributed by atoms with Crippen molar-refractivity contribution >= 4 is 11.7 Å². The standard InChI is InChI=1S/C14H20N2O2/c1-10(11(2)17)15-14(18)13(16(3)4)12-8-6-5-7-9-12/h5-10,13H,1-4H3,(H,15,18)/t10-,13+/m0/s1. The zero-order valence-corrected chi connectivity index (χ0v) is 11.3. The molecule has 1 aromatic carbocycles. The zero-order chi connectivity index (χ0) is 13.7. The third-order valence-corrected chi connectivity index (χ3v) is 2.85. The summed E-state index contributed by atoms with van der Waals surface area (Å²) in [6.45, 7) is 3.16. The summed E-state index contributed by atoms with van der Waals surface area (Å²) < 4.78 is 0. The second kappa shape index (κ2) is 6.31. The monoisotopic (exact) mass is 248 g/mol. The van der Waals surface area contributed by atoms with E-state index >= 15 is 0 Å². The molecular formula is C14H20N2O2. The molecule has 0 bridgehead atoms. The van der Waals surface area contributed by atoms with Crippen LogP contribution in [0.15, 0.2) is 30.3 Å². The second-order valence-corrected chi connectivity index (χ2v) is 4.62. The second-order valence-electron chi connectivity index (χ2n) is 4.62. The number of nitrogens with one attached hydrogen (secondary N) is 1. The van der Waals surface area contributed by atoms with Gasteiger partial charge in [-0.05, 0) is 33.5 Å². The average molecular weight is 248 g/mol. The number of benzene rings is 1. The van der Waals surface area contributed by atoms with E-state index in [4.69, 9.17) is 0 Å². The number of carbonyl (C=O) groups excluding carboxylic acids is 2. The molecule has 1 aromatic rings. The number of likely N-dealkylation sites (N-methyl/N-ethyl adjacent to an activating group) is 1. The Kier molecular flexibility index (Phi) is 5.04. The fourth-order valence-corrected chi connectivity index (χ4v) is 1.71. The number of hydrogen-bond acceptors (Lipinski definition) is 3. The Bertz CT molecular complexity index is 415. The first-order valence-corrected chi connectivity index (χ1v) is 5.95. The third kappa shape index (κ3) is 3.67. The Morgan fingerprint density at radius 2 is 1.72 bits per heavy atom. The van der Waals surface area contributed by atoms with Gasteiger partial charge in [-0.1, -0.05) is 30.3 Å². The minimum Gasteiger partial charge on any atom is -0.345 e. The molecule has 4 nitrogen and oxygen atoms in total. The fraction of sp³-hybridized carbons (Fsp3) is 0.429. The van der Waals surface area contributed by atoms with E-state index in [1.54, 1.807) is 6.92 Å². The Labute approximate surface area is 108 Å². The highest BCUT2D eigenvalue weighted by molar-refractivity contribution is 5.89. The lowest BCUT2D eigenvalue weighted by Gasteiger charge is -2.25. The Morgan fingerprint density at radius 1 is 1.17 bits per heavy atom. The number of amides is 1. The lowest BCUT2D eigenvalue weighted by Crippen LogP contribution is -2.43. The zero-order valence-electron chi connectivity index (χ0n) is 11.3. The van der Waals surface area contributed by atoms with Crippen molar-refractivity contribution in [3.05, 3.63) is 35.9 Å². The smallest absolute Gasteiger partial charge is 0.242 e. The molecule has 0 aliphatic heterocycles. The van der Waals surface area contributed by atoms with Gasteiger partial charge in [-0.25, -0.2) is 0 Å². The molecule has 0 aliphatic carbocycles. The van der Waals surface area contributed by atoms with Gasteiger partial charge < -0.3 is 5.32 Å². The predicted octanol–water partition coefficient (Wildman–Crippen LogP) is 1.38. The molecule has 98 valence electrons. The highest BCUT2D eigenvalue weighted by Crippen LogP contribution is 2.18. The van der Waals surface area contributed by atoms with Gasteiger partial charge in [-0.2, -0.15) is 0 Å². The molecule has 0 saturated heterocycles. The van der Waals surface area contributed by atoms with E-state index in [0.29, 0.717) is 0 Å². The van der Waals surface area contributed by atoms with E-state index in [0.717, 1.165) is 5.56 Å². The first-order valence-electron chi connectivity index (χ1n) is 5.95. The predicted molar refractivity (Wildman–Crippen MR) is 71.2 cm³/mol. The van der Waals surface area contributed by atoms with Crippen molar-refractivity contribution < 1.29 is 9.59 Å². The van der Waals surface area contributed by atoms with E-state index < -0.39 is 6.04 Å². The summed E-state index contributed by atoms with van der Waals surface area (Å²) in [7, 11) is 3.69. The Hall–Kier alpha value is -1.68. The van der Waals surface area contributed by atoms with Crippen LogP contribution in [-0.4, -0.2) is 36.7 Å². The van der Waals surface area contributed by atoms with Gasteiger partial charge >= 0.3 is 0 Å². The lowest BCUT2D eigenvalue weighted by atomic mass is 10.0. The molecule has 1 amide bonds. The molecule has 18 heavy (non-hydrogen) atoms. The number of ketones is 1. The maximum Gasteiger partial charge on any atom is 0.242 e. The van der Waals surface area contributed by atoms with Crippen LogP contribution in [0.5, 0.6) is 0 Å². The molecule has 0 radical (unpaired) electrons. The summed E-state index contributed by atoms with van der Waals surface area (Å²) in [5.74, 6) is -0.206. The van der Waals surface area contributed by atoms with Gasteiger partial charge in [0, 0.05) is 0 Å². The van der Waals surface area contributed by atoms with Crippen LogP contribution in [0.25, 0.3) is 0 Å². The van der Waals surface area contributed by atoms with Gasteiger partial charge in [0.25, 0.3) is 0 Å². The normalized spacial score (nSPS) is 14.1. The van der Waals surface area contributed by atoms with Crippen LogP contribution in [0.2, 0.25) is 0 Å². The van der Waals surface area contributed by atoms with Crippen LogP contribution in [0, 0.1) is 0 Å². The number of hydrogen-bond donors (Lipinski definition) is 1. The summed E-state index contributed by atoms with van der Waals surface area (Å²) in [6, 6.07) is 8.68. The van der Waals surface area contributed by atoms with Crippen molar-refractivity contribution in [3.63, 3.8) is 0 Å². The topological polar surface area (TPSA) is 49.4 Å². The highest BCUT2D eigenvalue weighted by Gasteiger charge is 2.24. The molecule has 2 atom stereocenters. The van der Waals surface area contributed by atoms with Crippen molar-refractivity contribution in [1.82, 2.24) is 10.2 Å². The SMILES string of the molecule is CC(=O)[C@H](C)NC(=O)[C@@H](c1ccccc1)N(C)C. The average Bonchev–Trinajstić information content (AvgIpc) is 2.29. The van der Waals surface area contributed by atoms with Gasteiger partial charge in [0.2, 0.25) is 5.91 Å². The van der Waals surface area contributed by atoms with Crippen molar-refractivity contribution in [1.29, 1.82) is 0 Å². The minimum atomic E-state index is -0.455. The summed E-state index contributed by atoms with van der Waals surface area (Å²) in [5.41, 5.74) is 0.913. The third-order valence-electron chi connectivity index (χ3n) is 2.85. The molecule has 0 spiro atoms. The number of Topliss-reactive ketones (excluding diaryl/α,β-unsaturated/α-hetero) is 1. The molecule has 0 aliphatic rings. The summed E-state index contributed by atoms with van der Waals surface area (Å²) in [5, 5.41) is 2.73.